The van der Waals surface area contributed by atoms with Crippen LogP contribution in [0.1, 0.15) is 42.3 Å². The molecular weight excluding hydrogens is 280 g/mol. The van der Waals surface area contributed by atoms with Crippen LogP contribution in [0.3, 0.4) is 0 Å². The summed E-state index contributed by atoms with van der Waals surface area (Å²) in [7, 11) is 2.10. The van der Waals surface area contributed by atoms with E-state index in [-0.39, 0.29) is 0 Å². The fourth-order valence-corrected chi connectivity index (χ4v) is 3.23. The normalized spacial score (nSPS) is 12.4. The number of pyridine rings is 1. The predicted molar refractivity (Wildman–Crippen MR) is 89.9 cm³/mol. The fourth-order valence-electron chi connectivity index (χ4n) is 2.18. The summed E-state index contributed by atoms with van der Waals surface area (Å²) in [5.74, 6) is 0.474. The van der Waals surface area contributed by atoms with Gasteiger partial charge in [0.25, 0.3) is 0 Å². The Kier molecular flexibility index (Phi) is 5.70. The summed E-state index contributed by atoms with van der Waals surface area (Å²) in [6.07, 6.45) is 5.77. The number of anilines is 1. The molecule has 0 bridgehead atoms. The number of hydrogen-bond donors (Lipinski definition) is 1. The first kappa shape index (κ1) is 15.9. The molecule has 2 aromatic rings. The molecule has 2 rings (SSSR count). The molecule has 0 radical (unpaired) electrons. The molecule has 4 nitrogen and oxygen atoms in total. The van der Waals surface area contributed by atoms with Crippen molar-refractivity contribution in [2.24, 2.45) is 5.73 Å². The summed E-state index contributed by atoms with van der Waals surface area (Å²) in [4.78, 5) is 12.3. The standard InChI is InChI=1S/C16H24N4S/c1-4-12(2)15-14(11-17)21-16(19-15)20(3)10-7-13-5-8-18-9-6-13/h5-6,8-9,12H,4,7,10-11,17H2,1-3H3. The van der Waals surface area contributed by atoms with Gasteiger partial charge in [0.1, 0.15) is 0 Å². The highest BCUT2D eigenvalue weighted by Gasteiger charge is 2.17. The van der Waals surface area contributed by atoms with E-state index in [0.29, 0.717) is 12.5 Å². The molecule has 0 saturated heterocycles. The van der Waals surface area contributed by atoms with E-state index in [0.717, 1.165) is 24.5 Å². The Morgan fingerprint density at radius 3 is 2.67 bits per heavy atom. The van der Waals surface area contributed by atoms with Gasteiger partial charge in [0.05, 0.1) is 5.69 Å². The van der Waals surface area contributed by atoms with E-state index < -0.39 is 0 Å². The average Bonchev–Trinajstić information content (AvgIpc) is 2.97. The molecule has 1 unspecified atom stereocenters. The molecule has 0 aliphatic carbocycles. The largest absolute Gasteiger partial charge is 0.351 e. The minimum absolute atomic E-state index is 0.474. The highest BCUT2D eigenvalue weighted by atomic mass is 32.1. The van der Waals surface area contributed by atoms with Crippen molar-refractivity contribution in [2.45, 2.75) is 39.2 Å². The lowest BCUT2D eigenvalue weighted by atomic mass is 10.0. The Labute approximate surface area is 131 Å². The van der Waals surface area contributed by atoms with Crippen molar-refractivity contribution < 1.29 is 0 Å². The van der Waals surface area contributed by atoms with Gasteiger partial charge < -0.3 is 10.6 Å². The van der Waals surface area contributed by atoms with Crippen LogP contribution in [0.25, 0.3) is 0 Å². The maximum atomic E-state index is 5.87. The molecule has 5 heteroatoms. The van der Waals surface area contributed by atoms with E-state index in [1.165, 1.54) is 16.1 Å². The summed E-state index contributed by atoms with van der Waals surface area (Å²) < 4.78 is 0. The maximum Gasteiger partial charge on any atom is 0.185 e. The average molecular weight is 304 g/mol. The number of rotatable bonds is 7. The van der Waals surface area contributed by atoms with Gasteiger partial charge in [-0.3, -0.25) is 4.98 Å². The van der Waals surface area contributed by atoms with Crippen LogP contribution in [0.15, 0.2) is 24.5 Å². The van der Waals surface area contributed by atoms with E-state index >= 15 is 0 Å². The van der Waals surface area contributed by atoms with E-state index in [2.05, 4.69) is 42.9 Å². The van der Waals surface area contributed by atoms with Crippen LogP contribution < -0.4 is 10.6 Å². The van der Waals surface area contributed by atoms with Gasteiger partial charge in [-0.05, 0) is 36.5 Å². The Bertz CT molecular complexity index is 553. The van der Waals surface area contributed by atoms with E-state index in [1.807, 2.05) is 12.4 Å². The van der Waals surface area contributed by atoms with Crippen LogP contribution in [0.2, 0.25) is 0 Å². The van der Waals surface area contributed by atoms with E-state index in [1.54, 1.807) is 11.3 Å². The van der Waals surface area contributed by atoms with Crippen LogP contribution in [0, 0.1) is 0 Å². The van der Waals surface area contributed by atoms with Crippen molar-refractivity contribution in [2.75, 3.05) is 18.5 Å². The van der Waals surface area contributed by atoms with E-state index in [4.69, 9.17) is 10.7 Å². The second-order valence-electron chi connectivity index (χ2n) is 5.35. The van der Waals surface area contributed by atoms with Crippen molar-refractivity contribution in [1.29, 1.82) is 0 Å². The molecule has 0 aliphatic rings. The molecule has 2 aromatic heterocycles. The number of likely N-dealkylation sites (N-methyl/N-ethyl adjacent to an activating group) is 1. The zero-order chi connectivity index (χ0) is 15.2. The minimum atomic E-state index is 0.474. The number of hydrogen-bond acceptors (Lipinski definition) is 5. The first-order valence-electron chi connectivity index (χ1n) is 7.45. The molecule has 21 heavy (non-hydrogen) atoms. The molecule has 0 aromatic carbocycles. The molecule has 0 spiro atoms. The van der Waals surface area contributed by atoms with Crippen LogP contribution in [0.4, 0.5) is 5.13 Å². The predicted octanol–water partition coefficient (Wildman–Crippen LogP) is 3.19. The van der Waals surface area contributed by atoms with E-state index in [9.17, 15) is 0 Å². The quantitative estimate of drug-likeness (QED) is 0.853. The molecule has 0 fully saturated rings. The van der Waals surface area contributed by atoms with Crippen LogP contribution >= 0.6 is 11.3 Å². The second-order valence-corrected chi connectivity index (χ2v) is 6.41. The zero-order valence-electron chi connectivity index (χ0n) is 13.0. The summed E-state index contributed by atoms with van der Waals surface area (Å²) in [5, 5.41) is 1.07. The Morgan fingerprint density at radius 1 is 1.33 bits per heavy atom. The van der Waals surface area contributed by atoms with Gasteiger partial charge in [0.15, 0.2) is 5.13 Å². The minimum Gasteiger partial charge on any atom is -0.351 e. The van der Waals surface area contributed by atoms with Crippen molar-refractivity contribution in [3.63, 3.8) is 0 Å². The topological polar surface area (TPSA) is 55.0 Å². The fraction of sp³-hybridized carbons (Fsp3) is 0.500. The van der Waals surface area contributed by atoms with Gasteiger partial charge in [0, 0.05) is 37.4 Å². The van der Waals surface area contributed by atoms with Gasteiger partial charge in [-0.15, -0.1) is 11.3 Å². The smallest absolute Gasteiger partial charge is 0.185 e. The van der Waals surface area contributed by atoms with Crippen molar-refractivity contribution in [1.82, 2.24) is 9.97 Å². The number of nitrogens with zero attached hydrogens (tertiary/aromatic N) is 3. The highest BCUT2D eigenvalue weighted by Crippen LogP contribution is 2.31. The lowest BCUT2D eigenvalue weighted by Gasteiger charge is -2.15. The number of thiazole rings is 1. The third kappa shape index (κ3) is 4.02. The van der Waals surface area contributed by atoms with Crippen molar-refractivity contribution >= 4 is 16.5 Å². The van der Waals surface area contributed by atoms with Gasteiger partial charge in [-0.25, -0.2) is 4.98 Å². The summed E-state index contributed by atoms with van der Waals surface area (Å²) in [5.41, 5.74) is 8.34. The SMILES string of the molecule is CCC(C)c1nc(N(C)CCc2ccncc2)sc1CN. The monoisotopic (exact) mass is 304 g/mol. The van der Waals surface area contributed by atoms with Gasteiger partial charge in [-0.2, -0.15) is 0 Å². The number of nitrogens with two attached hydrogens (primary N) is 1. The molecule has 0 aliphatic heterocycles. The van der Waals surface area contributed by atoms with Crippen molar-refractivity contribution in [3.8, 4) is 0 Å². The third-order valence-electron chi connectivity index (χ3n) is 3.79. The maximum absolute atomic E-state index is 5.87. The first-order valence-corrected chi connectivity index (χ1v) is 8.27. The van der Waals surface area contributed by atoms with Crippen molar-refractivity contribution in [3.05, 3.63) is 40.7 Å². The summed E-state index contributed by atoms with van der Waals surface area (Å²) in [6.45, 7) is 5.93. The third-order valence-corrected chi connectivity index (χ3v) is 5.00. The number of aromatic nitrogens is 2. The molecule has 2 N–H and O–H groups in total. The van der Waals surface area contributed by atoms with Gasteiger partial charge >= 0.3 is 0 Å². The Morgan fingerprint density at radius 2 is 2.05 bits per heavy atom. The molecule has 2 heterocycles. The first-order chi connectivity index (χ1) is 10.2. The Hall–Kier alpha value is -1.46. The summed E-state index contributed by atoms with van der Waals surface area (Å²) in [6, 6.07) is 4.12. The Balaban J connectivity index is 2.05. The highest BCUT2D eigenvalue weighted by molar-refractivity contribution is 7.15. The van der Waals surface area contributed by atoms with Gasteiger partial charge in [0.2, 0.25) is 0 Å². The molecule has 0 saturated carbocycles. The lowest BCUT2D eigenvalue weighted by molar-refractivity contribution is 0.702. The summed E-state index contributed by atoms with van der Waals surface area (Å²) >= 11 is 1.72. The molecule has 1 atom stereocenters. The van der Waals surface area contributed by atoms with Crippen LogP contribution in [-0.2, 0) is 13.0 Å². The molecule has 0 amide bonds. The van der Waals surface area contributed by atoms with Crippen LogP contribution in [0.5, 0.6) is 0 Å². The zero-order valence-corrected chi connectivity index (χ0v) is 13.9. The lowest BCUT2D eigenvalue weighted by Crippen LogP contribution is -2.20. The molecular formula is C16H24N4S. The second kappa shape index (κ2) is 7.52. The van der Waals surface area contributed by atoms with Gasteiger partial charge in [-0.1, -0.05) is 13.8 Å². The molecule has 114 valence electrons. The van der Waals surface area contributed by atoms with Crippen LogP contribution in [-0.4, -0.2) is 23.6 Å².